The molecule has 0 atom stereocenters. The van der Waals surface area contributed by atoms with Crippen molar-refractivity contribution in [3.63, 3.8) is 0 Å². The van der Waals surface area contributed by atoms with Crippen LogP contribution in [-0.4, -0.2) is 23.0 Å². The molecule has 0 fully saturated rings. The van der Waals surface area contributed by atoms with Gasteiger partial charge in [-0.05, 0) is 0 Å². The first kappa shape index (κ1) is 4.78. The second-order valence-corrected chi connectivity index (χ2v) is 2.03. The summed E-state index contributed by atoms with van der Waals surface area (Å²) in [6.45, 7) is 0.793. The van der Waals surface area contributed by atoms with Crippen LogP contribution in [0, 0.1) is 0 Å². The molecule has 0 spiro atoms. The van der Waals surface area contributed by atoms with E-state index in [0.717, 1.165) is 6.67 Å². The number of hydrogen-bond acceptors (Lipinski definition) is 2. The lowest BCUT2D eigenvalue weighted by Crippen LogP contribution is -2.13. The molecule has 0 unspecified atom stereocenters. The Morgan fingerprint density at radius 1 is 1.57 bits per heavy atom. The molecule has 0 saturated heterocycles. The molecule has 0 aromatic heterocycles. The number of halogens is 1. The quantitative estimate of drug-likeness (QED) is 0.435. The predicted molar refractivity (Wildman–Crippen MR) is 29.5 cm³/mol. The zero-order valence-electron chi connectivity index (χ0n) is 4.13. The highest BCUT2D eigenvalue weighted by atomic mass is 35.5. The first-order valence-corrected chi connectivity index (χ1v) is 2.44. The van der Waals surface area contributed by atoms with Crippen molar-refractivity contribution >= 4 is 11.8 Å². The van der Waals surface area contributed by atoms with Gasteiger partial charge in [0.1, 0.15) is 6.67 Å². The monoisotopic (exact) mass is 118 g/mol. The Morgan fingerprint density at radius 2 is 2.29 bits per heavy atom. The lowest BCUT2D eigenvalue weighted by Gasteiger charge is -2.07. The van der Waals surface area contributed by atoms with Gasteiger partial charge in [-0.2, -0.15) is 0 Å². The maximum atomic E-state index is 5.51. The zero-order valence-corrected chi connectivity index (χ0v) is 4.89. The van der Waals surface area contributed by atoms with Gasteiger partial charge in [-0.15, -0.1) is 0 Å². The minimum absolute atomic E-state index is 0.793. The van der Waals surface area contributed by atoms with E-state index in [-0.39, 0.29) is 0 Å². The Hall–Kier alpha value is -0.370. The van der Waals surface area contributed by atoms with Crippen LogP contribution in [0.3, 0.4) is 0 Å². The molecule has 0 saturated carbocycles. The highest BCUT2D eigenvalue weighted by molar-refractivity contribution is 6.14. The summed E-state index contributed by atoms with van der Waals surface area (Å²) < 4.78 is 1.60. The van der Waals surface area contributed by atoms with Gasteiger partial charge in [-0.1, -0.05) is 0 Å². The molecule has 1 heterocycles. The highest BCUT2D eigenvalue weighted by Crippen LogP contribution is 2.04. The summed E-state index contributed by atoms with van der Waals surface area (Å²) in [5, 5.41) is 0. The summed E-state index contributed by atoms with van der Waals surface area (Å²) in [7, 11) is 1.97. The predicted octanol–water partition coefficient (Wildman–Crippen LogP) is 0.816. The Labute approximate surface area is 48.1 Å². The lowest BCUT2D eigenvalue weighted by molar-refractivity contribution is 0.403. The Morgan fingerprint density at radius 3 is 2.43 bits per heavy atom. The normalized spacial score (nSPS) is 19.1. The molecule has 7 heavy (non-hydrogen) atoms. The van der Waals surface area contributed by atoms with E-state index in [4.69, 9.17) is 11.8 Å². The maximum Gasteiger partial charge on any atom is 0.105 e. The summed E-state index contributed by atoms with van der Waals surface area (Å²) in [6, 6.07) is 0. The van der Waals surface area contributed by atoms with Crippen LogP contribution in [0.25, 0.3) is 0 Å². The van der Waals surface area contributed by atoms with Crippen molar-refractivity contribution in [2.75, 3.05) is 13.7 Å². The van der Waals surface area contributed by atoms with E-state index >= 15 is 0 Å². The van der Waals surface area contributed by atoms with Gasteiger partial charge in [-0.3, -0.25) is 4.42 Å². The van der Waals surface area contributed by atoms with Crippen molar-refractivity contribution in [3.05, 3.63) is 12.4 Å². The van der Waals surface area contributed by atoms with Gasteiger partial charge in [0.15, 0.2) is 0 Å². The van der Waals surface area contributed by atoms with Gasteiger partial charge in [0.25, 0.3) is 0 Å². The summed E-state index contributed by atoms with van der Waals surface area (Å²) in [4.78, 5) is 1.99. The molecular weight excluding hydrogens is 112 g/mol. The van der Waals surface area contributed by atoms with Crippen LogP contribution in [0.2, 0.25) is 0 Å². The summed E-state index contributed by atoms with van der Waals surface area (Å²) in [5.74, 6) is 0. The van der Waals surface area contributed by atoms with Crippen LogP contribution in [0.4, 0.5) is 0 Å². The van der Waals surface area contributed by atoms with E-state index in [0.29, 0.717) is 0 Å². The van der Waals surface area contributed by atoms with Gasteiger partial charge >= 0.3 is 0 Å². The lowest BCUT2D eigenvalue weighted by atomic mass is 10.9. The average molecular weight is 119 g/mol. The molecule has 0 N–H and O–H groups in total. The van der Waals surface area contributed by atoms with Gasteiger partial charge in [0.05, 0.1) is 0 Å². The van der Waals surface area contributed by atoms with Crippen LogP contribution >= 0.6 is 11.8 Å². The Bertz CT molecular complexity index is 81.7. The number of rotatable bonds is 0. The molecule has 1 aliphatic rings. The Kier molecular flexibility index (Phi) is 1.11. The van der Waals surface area contributed by atoms with E-state index in [1.807, 2.05) is 24.3 Å². The molecule has 3 heteroatoms. The molecule has 40 valence electrons. The third kappa shape index (κ3) is 0.996. The van der Waals surface area contributed by atoms with E-state index in [9.17, 15) is 0 Å². The zero-order chi connectivity index (χ0) is 5.28. The second-order valence-electron chi connectivity index (χ2n) is 1.60. The summed E-state index contributed by atoms with van der Waals surface area (Å²) >= 11 is 5.51. The van der Waals surface area contributed by atoms with Crippen molar-refractivity contribution in [1.82, 2.24) is 9.32 Å². The minimum atomic E-state index is 0.793. The van der Waals surface area contributed by atoms with Crippen LogP contribution < -0.4 is 0 Å². The van der Waals surface area contributed by atoms with Crippen LogP contribution in [0.5, 0.6) is 0 Å². The van der Waals surface area contributed by atoms with Crippen molar-refractivity contribution in [2.45, 2.75) is 0 Å². The molecule has 0 bridgehead atoms. The van der Waals surface area contributed by atoms with Gasteiger partial charge in [0.2, 0.25) is 0 Å². The number of hydrogen-bond donors (Lipinski definition) is 0. The van der Waals surface area contributed by atoms with Crippen LogP contribution in [0.15, 0.2) is 12.4 Å². The molecule has 2 nitrogen and oxygen atoms in total. The molecule has 0 amide bonds. The van der Waals surface area contributed by atoms with E-state index in [2.05, 4.69) is 0 Å². The fraction of sp³-hybridized carbons (Fsp3) is 0.500. The summed E-state index contributed by atoms with van der Waals surface area (Å²) in [5.41, 5.74) is 0. The third-order valence-corrected chi connectivity index (χ3v) is 1.06. The standard InChI is InChI=1S/C4H7ClN2/c1-6-2-3-7(5)4-6/h2-3H,4H2,1H3. The summed E-state index contributed by atoms with van der Waals surface area (Å²) in [6.07, 6.45) is 3.74. The molecule has 0 aromatic carbocycles. The van der Waals surface area contributed by atoms with Gasteiger partial charge in [-0.25, -0.2) is 0 Å². The second kappa shape index (κ2) is 1.62. The van der Waals surface area contributed by atoms with Crippen molar-refractivity contribution in [3.8, 4) is 0 Å². The SMILES string of the molecule is CN1C=CN(Cl)C1. The molecular formula is C4H7ClN2. The highest BCUT2D eigenvalue weighted by Gasteiger charge is 2.02. The van der Waals surface area contributed by atoms with Gasteiger partial charge in [0, 0.05) is 31.2 Å². The fourth-order valence-electron chi connectivity index (χ4n) is 0.494. The maximum absolute atomic E-state index is 5.51. The van der Waals surface area contributed by atoms with Crippen LogP contribution in [0.1, 0.15) is 0 Å². The molecule has 0 radical (unpaired) electrons. The Balaban J connectivity index is 2.42. The van der Waals surface area contributed by atoms with Crippen molar-refractivity contribution in [1.29, 1.82) is 0 Å². The van der Waals surface area contributed by atoms with E-state index < -0.39 is 0 Å². The molecule has 0 aliphatic carbocycles. The topological polar surface area (TPSA) is 6.48 Å². The third-order valence-electron chi connectivity index (χ3n) is 0.841. The van der Waals surface area contributed by atoms with Crippen LogP contribution in [-0.2, 0) is 0 Å². The van der Waals surface area contributed by atoms with E-state index in [1.54, 1.807) is 4.42 Å². The minimum Gasteiger partial charge on any atom is -0.360 e. The smallest absolute Gasteiger partial charge is 0.105 e. The first-order valence-electron chi connectivity index (χ1n) is 2.10. The first-order chi connectivity index (χ1) is 3.29. The molecule has 1 rings (SSSR count). The molecule has 0 aromatic rings. The number of nitrogens with zero attached hydrogens (tertiary/aromatic N) is 2. The van der Waals surface area contributed by atoms with E-state index in [1.165, 1.54) is 0 Å². The average Bonchev–Trinajstić information content (AvgIpc) is 1.87. The largest absolute Gasteiger partial charge is 0.360 e. The van der Waals surface area contributed by atoms with Crippen molar-refractivity contribution in [2.24, 2.45) is 0 Å². The van der Waals surface area contributed by atoms with Gasteiger partial charge < -0.3 is 4.90 Å². The fourth-order valence-corrected chi connectivity index (χ4v) is 0.713. The van der Waals surface area contributed by atoms with Crippen molar-refractivity contribution < 1.29 is 0 Å². The molecule has 1 aliphatic heterocycles.